The maximum atomic E-state index is 12.8. The number of carbonyl (C=O) groups excluding carboxylic acids is 1. The first-order chi connectivity index (χ1) is 12.5. The highest BCUT2D eigenvalue weighted by molar-refractivity contribution is 6.00. The van der Waals surface area contributed by atoms with E-state index in [0.29, 0.717) is 12.1 Å². The molecule has 0 fully saturated rings. The Morgan fingerprint density at radius 2 is 2.00 bits per heavy atom. The van der Waals surface area contributed by atoms with E-state index >= 15 is 0 Å². The van der Waals surface area contributed by atoms with Gasteiger partial charge >= 0.3 is 0 Å². The number of amides is 1. The standard InChI is InChI=1S/C20H21N3O3/c1-22(2)11-17-18(14-6-4-5-7-16(14)21-17)19-15-10-12(24)8-9-13(15)20(25)23(19)26-3/h4-10,19,21,24H,11H2,1-3H3. The number of para-hydroxylation sites is 1. The molecule has 6 heteroatoms. The van der Waals surface area contributed by atoms with Crippen molar-refractivity contribution >= 4 is 16.8 Å². The third-order valence-electron chi connectivity index (χ3n) is 4.77. The molecular formula is C20H21N3O3. The van der Waals surface area contributed by atoms with E-state index in [9.17, 15) is 9.90 Å². The predicted octanol–water partition coefficient (Wildman–Crippen LogP) is 3.04. The summed E-state index contributed by atoms with van der Waals surface area (Å²) in [6.45, 7) is 0.695. The highest BCUT2D eigenvalue weighted by atomic mass is 16.7. The van der Waals surface area contributed by atoms with E-state index in [1.807, 2.05) is 38.4 Å². The summed E-state index contributed by atoms with van der Waals surface area (Å²) >= 11 is 0. The summed E-state index contributed by atoms with van der Waals surface area (Å²) in [4.78, 5) is 23.8. The highest BCUT2D eigenvalue weighted by Crippen LogP contribution is 2.44. The van der Waals surface area contributed by atoms with Crippen LogP contribution in [0.4, 0.5) is 0 Å². The van der Waals surface area contributed by atoms with Gasteiger partial charge in [-0.05, 0) is 43.9 Å². The minimum Gasteiger partial charge on any atom is -0.508 e. The van der Waals surface area contributed by atoms with Gasteiger partial charge in [0.05, 0.1) is 7.11 Å². The van der Waals surface area contributed by atoms with Crippen LogP contribution in [0.5, 0.6) is 5.75 Å². The van der Waals surface area contributed by atoms with Crippen molar-refractivity contribution < 1.29 is 14.7 Å². The minimum absolute atomic E-state index is 0.133. The summed E-state index contributed by atoms with van der Waals surface area (Å²) in [5.41, 5.74) is 4.33. The minimum atomic E-state index is -0.416. The number of carbonyl (C=O) groups is 1. The van der Waals surface area contributed by atoms with Crippen LogP contribution in [0.1, 0.15) is 33.2 Å². The van der Waals surface area contributed by atoms with Crippen molar-refractivity contribution in [3.8, 4) is 5.75 Å². The zero-order valence-electron chi connectivity index (χ0n) is 15.0. The number of benzene rings is 2. The largest absolute Gasteiger partial charge is 0.508 e. The van der Waals surface area contributed by atoms with Crippen LogP contribution in [0.25, 0.3) is 10.9 Å². The SMILES string of the molecule is CON1C(=O)c2ccc(O)cc2C1c1c(CN(C)C)[nH]c2ccccc12. The lowest BCUT2D eigenvalue weighted by Gasteiger charge is -2.24. The quantitative estimate of drug-likeness (QED) is 0.758. The van der Waals surface area contributed by atoms with Gasteiger partial charge in [0, 0.05) is 34.3 Å². The Bertz CT molecular complexity index is 993. The topological polar surface area (TPSA) is 68.8 Å². The first-order valence-corrected chi connectivity index (χ1v) is 8.46. The molecule has 1 aliphatic rings. The fourth-order valence-corrected chi connectivity index (χ4v) is 3.77. The van der Waals surface area contributed by atoms with Crippen LogP contribution < -0.4 is 0 Å². The van der Waals surface area contributed by atoms with Crippen LogP contribution in [-0.2, 0) is 11.4 Å². The lowest BCUT2D eigenvalue weighted by molar-refractivity contribution is -0.109. The van der Waals surface area contributed by atoms with Crippen LogP contribution in [-0.4, -0.2) is 47.2 Å². The van der Waals surface area contributed by atoms with E-state index in [0.717, 1.165) is 27.7 Å². The van der Waals surface area contributed by atoms with Crippen molar-refractivity contribution in [3.05, 3.63) is 64.8 Å². The molecule has 2 N–H and O–H groups in total. The van der Waals surface area contributed by atoms with Crippen LogP contribution in [0.3, 0.4) is 0 Å². The van der Waals surface area contributed by atoms with Gasteiger partial charge in [-0.1, -0.05) is 18.2 Å². The first kappa shape index (κ1) is 16.6. The Balaban J connectivity index is 1.99. The molecule has 1 amide bonds. The molecule has 1 aromatic heterocycles. The number of fused-ring (bicyclic) bond motifs is 2. The fraction of sp³-hybridized carbons (Fsp3) is 0.250. The monoisotopic (exact) mass is 351 g/mol. The molecule has 2 heterocycles. The van der Waals surface area contributed by atoms with Gasteiger partial charge in [-0.25, -0.2) is 5.06 Å². The Morgan fingerprint density at radius 3 is 2.73 bits per heavy atom. The summed E-state index contributed by atoms with van der Waals surface area (Å²) in [7, 11) is 5.50. The Hall–Kier alpha value is -2.83. The van der Waals surface area contributed by atoms with E-state index in [1.165, 1.54) is 18.2 Å². The van der Waals surface area contributed by atoms with Gasteiger partial charge in [0.15, 0.2) is 0 Å². The number of aromatic amines is 1. The highest BCUT2D eigenvalue weighted by Gasteiger charge is 2.41. The van der Waals surface area contributed by atoms with Crippen molar-refractivity contribution in [3.63, 3.8) is 0 Å². The number of aromatic hydroxyl groups is 1. The van der Waals surface area contributed by atoms with Crippen LogP contribution in [0.15, 0.2) is 42.5 Å². The zero-order valence-corrected chi connectivity index (χ0v) is 15.0. The van der Waals surface area contributed by atoms with Gasteiger partial charge in [-0.2, -0.15) is 0 Å². The molecule has 1 atom stereocenters. The second-order valence-electron chi connectivity index (χ2n) is 6.79. The number of H-pyrrole nitrogens is 1. The Morgan fingerprint density at radius 1 is 1.23 bits per heavy atom. The predicted molar refractivity (Wildman–Crippen MR) is 98.8 cm³/mol. The molecule has 26 heavy (non-hydrogen) atoms. The van der Waals surface area contributed by atoms with Crippen molar-refractivity contribution in [1.82, 2.24) is 14.9 Å². The number of phenolic OH excluding ortho intramolecular Hbond substituents is 1. The lowest BCUT2D eigenvalue weighted by Crippen LogP contribution is -2.28. The number of hydroxylamine groups is 2. The molecule has 0 saturated carbocycles. The molecule has 0 aliphatic carbocycles. The molecule has 0 saturated heterocycles. The molecule has 0 bridgehead atoms. The number of hydrogen-bond donors (Lipinski definition) is 2. The molecule has 4 rings (SSSR count). The summed E-state index contributed by atoms with van der Waals surface area (Å²) in [5.74, 6) is -0.0675. The van der Waals surface area contributed by atoms with Gasteiger partial charge in [-0.15, -0.1) is 0 Å². The molecule has 3 aromatic rings. The van der Waals surface area contributed by atoms with Gasteiger partial charge in [0.2, 0.25) is 0 Å². The summed E-state index contributed by atoms with van der Waals surface area (Å²) in [6.07, 6.45) is 0. The van der Waals surface area contributed by atoms with Crippen molar-refractivity contribution in [2.24, 2.45) is 0 Å². The van der Waals surface area contributed by atoms with Gasteiger partial charge in [0.1, 0.15) is 11.8 Å². The summed E-state index contributed by atoms with van der Waals surface area (Å²) in [5, 5.41) is 12.4. The third-order valence-corrected chi connectivity index (χ3v) is 4.77. The van der Waals surface area contributed by atoms with E-state index in [4.69, 9.17) is 4.84 Å². The molecule has 0 spiro atoms. The van der Waals surface area contributed by atoms with Crippen molar-refractivity contribution in [2.75, 3.05) is 21.2 Å². The van der Waals surface area contributed by atoms with E-state index in [2.05, 4.69) is 9.88 Å². The molecule has 1 aliphatic heterocycles. The van der Waals surface area contributed by atoms with Crippen LogP contribution in [0.2, 0.25) is 0 Å². The van der Waals surface area contributed by atoms with Crippen molar-refractivity contribution in [1.29, 1.82) is 0 Å². The van der Waals surface area contributed by atoms with Crippen LogP contribution >= 0.6 is 0 Å². The normalized spacial score (nSPS) is 16.7. The van der Waals surface area contributed by atoms with Crippen molar-refractivity contribution in [2.45, 2.75) is 12.6 Å². The molecule has 2 aromatic carbocycles. The second kappa shape index (κ2) is 6.16. The number of hydrogen-bond acceptors (Lipinski definition) is 4. The third kappa shape index (κ3) is 2.46. The van der Waals surface area contributed by atoms with E-state index < -0.39 is 6.04 Å². The molecule has 6 nitrogen and oxygen atoms in total. The second-order valence-corrected chi connectivity index (χ2v) is 6.79. The van der Waals surface area contributed by atoms with Crippen LogP contribution in [0, 0.1) is 0 Å². The molecule has 0 radical (unpaired) electrons. The fourth-order valence-electron chi connectivity index (χ4n) is 3.77. The number of aromatic nitrogens is 1. The molecular weight excluding hydrogens is 330 g/mol. The first-order valence-electron chi connectivity index (χ1n) is 8.46. The Kier molecular flexibility index (Phi) is 3.94. The summed E-state index contributed by atoms with van der Waals surface area (Å²) < 4.78 is 0. The van der Waals surface area contributed by atoms with Gasteiger partial charge in [-0.3, -0.25) is 9.63 Å². The van der Waals surface area contributed by atoms with Gasteiger partial charge < -0.3 is 15.0 Å². The maximum Gasteiger partial charge on any atom is 0.278 e. The molecule has 134 valence electrons. The smallest absolute Gasteiger partial charge is 0.278 e. The zero-order chi connectivity index (χ0) is 18.4. The summed E-state index contributed by atoms with van der Waals surface area (Å²) in [6, 6.07) is 12.4. The number of nitrogens with zero attached hydrogens (tertiary/aromatic N) is 2. The molecule has 1 unspecified atom stereocenters. The number of phenols is 1. The number of rotatable bonds is 4. The Labute approximate surface area is 151 Å². The van der Waals surface area contributed by atoms with E-state index in [1.54, 1.807) is 12.1 Å². The maximum absolute atomic E-state index is 12.8. The average molecular weight is 351 g/mol. The number of nitrogens with one attached hydrogen (secondary N) is 1. The van der Waals surface area contributed by atoms with Gasteiger partial charge in [0.25, 0.3) is 5.91 Å². The lowest BCUT2D eigenvalue weighted by atomic mass is 9.95. The van der Waals surface area contributed by atoms with E-state index in [-0.39, 0.29) is 11.7 Å². The average Bonchev–Trinajstić information content (AvgIpc) is 3.08.